The summed E-state index contributed by atoms with van der Waals surface area (Å²) in [6.45, 7) is 1.24. The standard InChI is InChI=1S/C20H19BrO5/c1-23-15-7-8-16-17(13-15)26-19(14-5-3-2-4-6-14)20(18(16)22)25-12-11-24-10-9-21/h2-8,13H,9-12H2,1H3. The maximum atomic E-state index is 13.0. The molecule has 2 aromatic carbocycles. The largest absolute Gasteiger partial charge is 0.497 e. The van der Waals surface area contributed by atoms with E-state index in [0.717, 1.165) is 10.9 Å². The third-order valence-corrected chi connectivity index (χ3v) is 4.11. The highest BCUT2D eigenvalue weighted by Crippen LogP contribution is 2.32. The number of methoxy groups -OCH3 is 1. The Morgan fingerprint density at radius 3 is 2.58 bits per heavy atom. The summed E-state index contributed by atoms with van der Waals surface area (Å²) in [5.74, 6) is 1.21. The van der Waals surface area contributed by atoms with E-state index in [2.05, 4.69) is 15.9 Å². The van der Waals surface area contributed by atoms with Crippen LogP contribution < -0.4 is 14.9 Å². The van der Waals surface area contributed by atoms with Crippen molar-refractivity contribution >= 4 is 26.9 Å². The van der Waals surface area contributed by atoms with Crippen LogP contribution in [0.1, 0.15) is 0 Å². The number of rotatable bonds is 8. The zero-order valence-corrected chi connectivity index (χ0v) is 16.0. The van der Waals surface area contributed by atoms with Gasteiger partial charge in [-0.3, -0.25) is 4.79 Å². The van der Waals surface area contributed by atoms with Crippen LogP contribution in [0.25, 0.3) is 22.3 Å². The minimum absolute atomic E-state index is 0.191. The molecule has 1 heterocycles. The van der Waals surface area contributed by atoms with E-state index in [1.807, 2.05) is 30.3 Å². The highest BCUT2D eigenvalue weighted by atomic mass is 79.9. The first-order chi connectivity index (χ1) is 12.7. The molecule has 0 aliphatic carbocycles. The monoisotopic (exact) mass is 418 g/mol. The molecular formula is C20H19BrO5. The first kappa shape index (κ1) is 18.5. The van der Waals surface area contributed by atoms with Crippen LogP contribution in [0.3, 0.4) is 0 Å². The van der Waals surface area contributed by atoms with E-state index in [1.165, 1.54) is 0 Å². The number of hydrogen-bond acceptors (Lipinski definition) is 5. The Hall–Kier alpha value is -2.31. The molecule has 0 radical (unpaired) electrons. The third kappa shape index (κ3) is 4.08. The topological polar surface area (TPSA) is 57.9 Å². The number of hydrogen-bond donors (Lipinski definition) is 0. The van der Waals surface area contributed by atoms with Crippen LogP contribution in [0.15, 0.2) is 57.7 Å². The molecule has 0 N–H and O–H groups in total. The lowest BCUT2D eigenvalue weighted by Crippen LogP contribution is -2.14. The smallest absolute Gasteiger partial charge is 0.235 e. The molecule has 0 amide bonds. The SMILES string of the molecule is COc1ccc2c(=O)c(OCCOCCBr)c(-c3ccccc3)oc2c1. The maximum absolute atomic E-state index is 13.0. The lowest BCUT2D eigenvalue weighted by Gasteiger charge is -2.12. The minimum atomic E-state index is -0.215. The second-order valence-electron chi connectivity index (χ2n) is 5.47. The Morgan fingerprint density at radius 2 is 1.85 bits per heavy atom. The molecule has 0 aliphatic heterocycles. The molecule has 3 rings (SSSR count). The Balaban J connectivity index is 2.04. The molecule has 0 saturated heterocycles. The normalized spacial score (nSPS) is 10.8. The van der Waals surface area contributed by atoms with E-state index in [0.29, 0.717) is 35.7 Å². The zero-order chi connectivity index (χ0) is 18.4. The van der Waals surface area contributed by atoms with Gasteiger partial charge in [-0.25, -0.2) is 0 Å². The van der Waals surface area contributed by atoms with Crippen LogP contribution in [0.2, 0.25) is 0 Å². The van der Waals surface area contributed by atoms with Gasteiger partial charge in [-0.2, -0.15) is 0 Å². The Labute approximate surface area is 159 Å². The van der Waals surface area contributed by atoms with Gasteiger partial charge in [0.1, 0.15) is 17.9 Å². The van der Waals surface area contributed by atoms with Crippen molar-refractivity contribution in [3.8, 4) is 22.8 Å². The summed E-state index contributed by atoms with van der Waals surface area (Å²) in [5, 5.41) is 1.20. The third-order valence-electron chi connectivity index (χ3n) is 3.79. The quantitative estimate of drug-likeness (QED) is 0.404. The van der Waals surface area contributed by atoms with Crippen molar-refractivity contribution in [2.75, 3.05) is 32.3 Å². The average Bonchev–Trinajstić information content (AvgIpc) is 2.69. The maximum Gasteiger partial charge on any atom is 0.235 e. The fourth-order valence-electron chi connectivity index (χ4n) is 2.55. The summed E-state index contributed by atoms with van der Waals surface area (Å²) >= 11 is 3.30. The first-order valence-electron chi connectivity index (χ1n) is 8.21. The van der Waals surface area contributed by atoms with Crippen LogP contribution in [-0.2, 0) is 4.74 Å². The van der Waals surface area contributed by atoms with E-state index in [1.54, 1.807) is 25.3 Å². The molecule has 0 spiro atoms. The van der Waals surface area contributed by atoms with Gasteiger partial charge in [0, 0.05) is 17.0 Å². The molecule has 0 saturated carbocycles. The van der Waals surface area contributed by atoms with Crippen molar-refractivity contribution in [3.63, 3.8) is 0 Å². The molecule has 136 valence electrons. The highest BCUT2D eigenvalue weighted by Gasteiger charge is 2.18. The van der Waals surface area contributed by atoms with Crippen molar-refractivity contribution in [1.82, 2.24) is 0 Å². The molecule has 0 unspecified atom stereocenters. The fourth-order valence-corrected chi connectivity index (χ4v) is 2.78. The molecular weight excluding hydrogens is 400 g/mol. The molecule has 3 aromatic rings. The van der Waals surface area contributed by atoms with Crippen molar-refractivity contribution in [1.29, 1.82) is 0 Å². The number of ether oxygens (including phenoxy) is 3. The van der Waals surface area contributed by atoms with Crippen molar-refractivity contribution in [2.24, 2.45) is 0 Å². The summed E-state index contributed by atoms with van der Waals surface area (Å²) in [4.78, 5) is 13.0. The second-order valence-corrected chi connectivity index (χ2v) is 6.26. The van der Waals surface area contributed by atoms with Crippen LogP contribution >= 0.6 is 15.9 Å². The highest BCUT2D eigenvalue weighted by molar-refractivity contribution is 9.09. The van der Waals surface area contributed by atoms with Gasteiger partial charge in [0.2, 0.25) is 11.2 Å². The van der Waals surface area contributed by atoms with Gasteiger partial charge in [0.25, 0.3) is 0 Å². The molecule has 0 bridgehead atoms. The Morgan fingerprint density at radius 1 is 1.04 bits per heavy atom. The molecule has 5 nitrogen and oxygen atoms in total. The van der Waals surface area contributed by atoms with Crippen LogP contribution in [-0.4, -0.2) is 32.3 Å². The van der Waals surface area contributed by atoms with E-state index in [9.17, 15) is 4.79 Å². The van der Waals surface area contributed by atoms with E-state index < -0.39 is 0 Å². The molecule has 6 heteroatoms. The fraction of sp³-hybridized carbons (Fsp3) is 0.250. The van der Waals surface area contributed by atoms with Crippen molar-refractivity contribution < 1.29 is 18.6 Å². The molecule has 0 atom stereocenters. The summed E-state index contributed by atoms with van der Waals surface area (Å²) in [7, 11) is 1.57. The zero-order valence-electron chi connectivity index (χ0n) is 14.4. The Bertz CT molecular complexity index is 921. The van der Waals surface area contributed by atoms with E-state index in [4.69, 9.17) is 18.6 Å². The Kier molecular flexibility index (Phi) is 6.30. The lowest BCUT2D eigenvalue weighted by molar-refractivity contribution is 0.111. The summed E-state index contributed by atoms with van der Waals surface area (Å²) in [5.41, 5.74) is 1.01. The van der Waals surface area contributed by atoms with Gasteiger partial charge in [0.05, 0.1) is 25.7 Å². The first-order valence-corrected chi connectivity index (χ1v) is 9.33. The molecule has 0 fully saturated rings. The molecule has 26 heavy (non-hydrogen) atoms. The van der Waals surface area contributed by atoms with E-state index >= 15 is 0 Å². The number of alkyl halides is 1. The van der Waals surface area contributed by atoms with E-state index in [-0.39, 0.29) is 17.8 Å². The predicted octanol–water partition coefficient (Wildman–Crippen LogP) is 4.26. The van der Waals surface area contributed by atoms with Crippen LogP contribution in [0, 0.1) is 0 Å². The molecule has 1 aromatic heterocycles. The van der Waals surface area contributed by atoms with Gasteiger partial charge in [-0.05, 0) is 12.1 Å². The van der Waals surface area contributed by atoms with Crippen molar-refractivity contribution in [2.45, 2.75) is 0 Å². The molecule has 0 aliphatic rings. The van der Waals surface area contributed by atoms with Gasteiger partial charge in [0.15, 0.2) is 5.76 Å². The lowest BCUT2D eigenvalue weighted by atomic mass is 10.1. The number of benzene rings is 2. The summed E-state index contributed by atoms with van der Waals surface area (Å²) in [6.07, 6.45) is 0. The second kappa shape index (κ2) is 8.87. The minimum Gasteiger partial charge on any atom is -0.497 e. The summed E-state index contributed by atoms with van der Waals surface area (Å²) < 4.78 is 22.4. The average molecular weight is 419 g/mol. The van der Waals surface area contributed by atoms with Gasteiger partial charge < -0.3 is 18.6 Å². The van der Waals surface area contributed by atoms with Gasteiger partial charge in [-0.15, -0.1) is 0 Å². The number of fused-ring (bicyclic) bond motifs is 1. The van der Waals surface area contributed by atoms with Gasteiger partial charge >= 0.3 is 0 Å². The van der Waals surface area contributed by atoms with Crippen LogP contribution in [0.5, 0.6) is 11.5 Å². The predicted molar refractivity (Wildman–Crippen MR) is 105 cm³/mol. The van der Waals surface area contributed by atoms with Crippen LogP contribution in [0.4, 0.5) is 0 Å². The summed E-state index contributed by atoms with van der Waals surface area (Å²) in [6, 6.07) is 14.5. The van der Waals surface area contributed by atoms with Crippen molar-refractivity contribution in [3.05, 3.63) is 58.8 Å². The van der Waals surface area contributed by atoms with Gasteiger partial charge in [-0.1, -0.05) is 46.3 Å². The number of halogens is 1.